The van der Waals surface area contributed by atoms with Crippen LogP contribution in [-0.4, -0.2) is 48.6 Å². The van der Waals surface area contributed by atoms with Gasteiger partial charge in [-0.25, -0.2) is 14.4 Å². The van der Waals surface area contributed by atoms with Crippen molar-refractivity contribution < 1.29 is 36.5 Å². The van der Waals surface area contributed by atoms with Crippen LogP contribution in [0.4, 0.5) is 29.1 Å². The molecule has 0 spiro atoms. The summed E-state index contributed by atoms with van der Waals surface area (Å²) in [6.07, 6.45) is -3.18. The lowest BCUT2D eigenvalue weighted by atomic mass is 10.1. The lowest BCUT2D eigenvalue weighted by molar-refractivity contribution is -0.139. The molecule has 1 N–H and O–H groups in total. The van der Waals surface area contributed by atoms with Gasteiger partial charge in [-0.1, -0.05) is 0 Å². The van der Waals surface area contributed by atoms with Crippen molar-refractivity contribution in [2.45, 2.75) is 30.9 Å². The van der Waals surface area contributed by atoms with E-state index in [9.17, 15) is 17.6 Å². The van der Waals surface area contributed by atoms with E-state index >= 15 is 0 Å². The van der Waals surface area contributed by atoms with Gasteiger partial charge >= 0.3 is 6.18 Å². The molecule has 0 saturated carbocycles. The van der Waals surface area contributed by atoms with Gasteiger partial charge in [0.1, 0.15) is 24.1 Å². The summed E-state index contributed by atoms with van der Waals surface area (Å²) in [7, 11) is 1.47. The number of hydrogen-bond donors (Lipinski definition) is 1. The van der Waals surface area contributed by atoms with E-state index in [0.29, 0.717) is 41.7 Å². The Hall–Kier alpha value is -3.18. The highest BCUT2D eigenvalue weighted by Crippen LogP contribution is 2.38. The van der Waals surface area contributed by atoms with Crippen molar-refractivity contribution in [1.82, 2.24) is 9.97 Å². The van der Waals surface area contributed by atoms with Gasteiger partial charge in [0.2, 0.25) is 0 Å². The normalized spacial score (nSPS) is 22.4. The molecule has 0 amide bonds. The maximum atomic E-state index is 13.6. The molecule has 0 bridgehead atoms. The highest BCUT2D eigenvalue weighted by Gasteiger charge is 2.43. The summed E-state index contributed by atoms with van der Waals surface area (Å²) in [5.41, 5.74) is -0.870. The number of fused-ring (bicyclic) bond motifs is 2. The predicted octanol–water partition coefficient (Wildman–Crippen LogP) is 4.48. The SMILES string of the molecule is COc1cc2c(Nc3ccc(F)c(C(F)(F)F)c3)ncnc2cc1O[C@@H]1COC2CCOC21. The number of alkyl halides is 3. The average Bonchev–Trinajstić information content (AvgIpc) is 3.39. The fourth-order valence-electron chi connectivity index (χ4n) is 4.07. The van der Waals surface area contributed by atoms with Crippen molar-refractivity contribution in [3.05, 3.63) is 48.0 Å². The second-order valence-corrected chi connectivity index (χ2v) is 7.71. The number of rotatable bonds is 5. The van der Waals surface area contributed by atoms with Crippen LogP contribution in [0.15, 0.2) is 36.7 Å². The Labute approximate surface area is 185 Å². The molecule has 3 heterocycles. The monoisotopic (exact) mass is 465 g/mol. The van der Waals surface area contributed by atoms with Crippen LogP contribution in [0.2, 0.25) is 0 Å². The fourth-order valence-corrected chi connectivity index (χ4v) is 4.07. The van der Waals surface area contributed by atoms with E-state index in [1.165, 1.54) is 19.5 Å². The van der Waals surface area contributed by atoms with E-state index < -0.39 is 17.6 Å². The molecule has 2 saturated heterocycles. The maximum Gasteiger partial charge on any atom is 0.419 e. The van der Waals surface area contributed by atoms with Crippen LogP contribution in [0, 0.1) is 5.82 Å². The Morgan fingerprint density at radius 2 is 1.94 bits per heavy atom. The first-order valence-corrected chi connectivity index (χ1v) is 10.2. The molecule has 0 radical (unpaired) electrons. The Morgan fingerprint density at radius 3 is 2.73 bits per heavy atom. The van der Waals surface area contributed by atoms with E-state index in [2.05, 4.69) is 15.3 Å². The molecular formula is C22H19F4N3O4. The Bertz CT molecular complexity index is 1190. The summed E-state index contributed by atoms with van der Waals surface area (Å²) in [6.45, 7) is 1.00. The third-order valence-electron chi connectivity index (χ3n) is 5.65. The van der Waals surface area contributed by atoms with Crippen molar-refractivity contribution in [2.75, 3.05) is 25.6 Å². The van der Waals surface area contributed by atoms with Crippen LogP contribution in [0.3, 0.4) is 0 Å². The predicted molar refractivity (Wildman–Crippen MR) is 109 cm³/mol. The lowest BCUT2D eigenvalue weighted by Gasteiger charge is -2.20. The Kier molecular flexibility index (Phi) is 5.45. The number of nitrogens with one attached hydrogen (secondary N) is 1. The number of hydrogen-bond acceptors (Lipinski definition) is 7. The van der Waals surface area contributed by atoms with Gasteiger partial charge in [0.05, 0.1) is 30.9 Å². The molecule has 2 fully saturated rings. The minimum atomic E-state index is -4.82. The number of halogens is 4. The van der Waals surface area contributed by atoms with Gasteiger partial charge in [-0.15, -0.1) is 0 Å². The molecule has 3 atom stereocenters. The summed E-state index contributed by atoms with van der Waals surface area (Å²) in [6, 6.07) is 5.93. The number of methoxy groups -OCH3 is 1. The quantitative estimate of drug-likeness (QED) is 0.557. The Balaban J connectivity index is 1.46. The summed E-state index contributed by atoms with van der Waals surface area (Å²) in [5, 5.41) is 3.29. The molecule has 0 aliphatic carbocycles. The van der Waals surface area contributed by atoms with E-state index in [1.807, 2.05) is 0 Å². The summed E-state index contributed by atoms with van der Waals surface area (Å²) in [4.78, 5) is 8.38. The van der Waals surface area contributed by atoms with E-state index in [0.717, 1.165) is 12.5 Å². The van der Waals surface area contributed by atoms with Crippen LogP contribution in [0.1, 0.15) is 12.0 Å². The summed E-state index contributed by atoms with van der Waals surface area (Å²) >= 11 is 0. The molecule has 174 valence electrons. The molecule has 2 aliphatic heterocycles. The number of nitrogens with zero attached hydrogens (tertiary/aromatic N) is 2. The van der Waals surface area contributed by atoms with Crippen LogP contribution in [0.5, 0.6) is 11.5 Å². The van der Waals surface area contributed by atoms with Gasteiger partial charge in [-0.05, 0) is 30.7 Å². The second kappa shape index (κ2) is 8.31. The number of aromatic nitrogens is 2. The first kappa shape index (κ1) is 21.7. The maximum absolute atomic E-state index is 13.6. The van der Waals surface area contributed by atoms with E-state index in [4.69, 9.17) is 18.9 Å². The van der Waals surface area contributed by atoms with Crippen molar-refractivity contribution in [3.8, 4) is 11.5 Å². The third kappa shape index (κ3) is 4.13. The first-order valence-electron chi connectivity index (χ1n) is 10.2. The summed E-state index contributed by atoms with van der Waals surface area (Å²) in [5.74, 6) is -0.307. The Morgan fingerprint density at radius 1 is 1.09 bits per heavy atom. The molecule has 1 aromatic heterocycles. The highest BCUT2D eigenvalue weighted by molar-refractivity contribution is 5.93. The van der Waals surface area contributed by atoms with Gasteiger partial charge in [0.25, 0.3) is 0 Å². The topological polar surface area (TPSA) is 74.7 Å². The molecule has 7 nitrogen and oxygen atoms in total. The molecule has 5 rings (SSSR count). The van der Waals surface area contributed by atoms with Crippen molar-refractivity contribution >= 4 is 22.4 Å². The minimum Gasteiger partial charge on any atom is -0.493 e. The van der Waals surface area contributed by atoms with E-state index in [-0.39, 0.29) is 29.8 Å². The average molecular weight is 465 g/mol. The number of benzene rings is 2. The lowest BCUT2D eigenvalue weighted by Crippen LogP contribution is -2.32. The largest absolute Gasteiger partial charge is 0.493 e. The van der Waals surface area contributed by atoms with Gasteiger partial charge in [-0.3, -0.25) is 0 Å². The molecule has 3 aromatic rings. The van der Waals surface area contributed by atoms with Gasteiger partial charge in [0.15, 0.2) is 17.6 Å². The van der Waals surface area contributed by atoms with Crippen LogP contribution >= 0.6 is 0 Å². The van der Waals surface area contributed by atoms with Crippen LogP contribution in [-0.2, 0) is 15.7 Å². The second-order valence-electron chi connectivity index (χ2n) is 7.71. The third-order valence-corrected chi connectivity index (χ3v) is 5.65. The standard InChI is InChI=1S/C22H19F4N3O4/c1-30-17-7-12-15(8-18(17)33-19-9-32-16-4-5-31-20(16)19)27-10-28-21(12)29-11-2-3-14(23)13(6-11)22(24,25)26/h2-3,6-8,10,16,19-20H,4-5,9H2,1H3,(H,27,28,29)/t16?,19-,20?/m1/s1. The first-order chi connectivity index (χ1) is 15.8. The molecule has 2 aromatic carbocycles. The van der Waals surface area contributed by atoms with Crippen molar-refractivity contribution in [1.29, 1.82) is 0 Å². The molecular weight excluding hydrogens is 446 g/mol. The minimum absolute atomic E-state index is 0.0110. The zero-order chi connectivity index (χ0) is 23.2. The van der Waals surface area contributed by atoms with Crippen molar-refractivity contribution in [3.63, 3.8) is 0 Å². The molecule has 2 unspecified atom stereocenters. The number of anilines is 2. The van der Waals surface area contributed by atoms with Gasteiger partial charge in [-0.2, -0.15) is 13.2 Å². The number of ether oxygens (including phenoxy) is 4. The van der Waals surface area contributed by atoms with Gasteiger partial charge in [0, 0.05) is 23.7 Å². The molecule has 11 heteroatoms. The van der Waals surface area contributed by atoms with Gasteiger partial charge < -0.3 is 24.3 Å². The smallest absolute Gasteiger partial charge is 0.419 e. The van der Waals surface area contributed by atoms with E-state index in [1.54, 1.807) is 12.1 Å². The molecule has 2 aliphatic rings. The molecule has 33 heavy (non-hydrogen) atoms. The van der Waals surface area contributed by atoms with Crippen LogP contribution in [0.25, 0.3) is 10.9 Å². The zero-order valence-corrected chi connectivity index (χ0v) is 17.4. The highest BCUT2D eigenvalue weighted by atomic mass is 19.4. The van der Waals surface area contributed by atoms with Crippen molar-refractivity contribution in [2.24, 2.45) is 0 Å². The summed E-state index contributed by atoms with van der Waals surface area (Å²) < 4.78 is 75.9. The van der Waals surface area contributed by atoms with Crippen LogP contribution < -0.4 is 14.8 Å². The fraction of sp³-hybridized carbons (Fsp3) is 0.364. The zero-order valence-electron chi connectivity index (χ0n) is 17.4.